The number of aromatic nitrogens is 2. The summed E-state index contributed by atoms with van der Waals surface area (Å²) >= 11 is 0. The summed E-state index contributed by atoms with van der Waals surface area (Å²) < 4.78 is 3.68. The van der Waals surface area contributed by atoms with Crippen LogP contribution in [0.15, 0.2) is 17.2 Å². The first-order valence-electron chi connectivity index (χ1n) is 9.05. The lowest BCUT2D eigenvalue weighted by molar-refractivity contribution is 0.523. The molecule has 1 heterocycles. The van der Waals surface area contributed by atoms with Crippen LogP contribution in [0.1, 0.15) is 84.5 Å². The lowest BCUT2D eigenvalue weighted by atomic mass is 10.1. The maximum Gasteiger partial charge on any atom is 0.328 e. The van der Waals surface area contributed by atoms with Crippen molar-refractivity contribution in [1.82, 2.24) is 9.13 Å². The minimum Gasteiger partial charge on any atom is -0.299 e. The van der Waals surface area contributed by atoms with Gasteiger partial charge in [-0.1, -0.05) is 71.6 Å². The van der Waals surface area contributed by atoms with Crippen molar-refractivity contribution in [2.45, 2.75) is 97.6 Å². The normalized spacial score (nSPS) is 11.1. The minimum absolute atomic E-state index is 0.160. The zero-order valence-corrected chi connectivity index (χ0v) is 14.1. The highest BCUT2D eigenvalue weighted by molar-refractivity contribution is 4.81. The van der Waals surface area contributed by atoms with E-state index in [1.165, 1.54) is 57.8 Å². The molecule has 0 aliphatic rings. The molecule has 1 aromatic heterocycles. The van der Waals surface area contributed by atoms with Crippen molar-refractivity contribution in [3.63, 3.8) is 0 Å². The maximum atomic E-state index is 12.0. The van der Waals surface area contributed by atoms with Gasteiger partial charge in [0.25, 0.3) is 0 Å². The van der Waals surface area contributed by atoms with Crippen molar-refractivity contribution in [2.24, 2.45) is 0 Å². The number of aryl methyl sites for hydroxylation is 2. The second kappa shape index (κ2) is 11.6. The number of hydrogen-bond donors (Lipinski definition) is 0. The molecule has 0 aromatic carbocycles. The Morgan fingerprint density at radius 2 is 1.14 bits per heavy atom. The molecule has 0 atom stereocenters. The summed E-state index contributed by atoms with van der Waals surface area (Å²) in [4.78, 5) is 12.0. The van der Waals surface area contributed by atoms with E-state index in [4.69, 9.17) is 0 Å². The zero-order valence-electron chi connectivity index (χ0n) is 14.1. The highest BCUT2D eigenvalue weighted by Gasteiger charge is 2.01. The van der Waals surface area contributed by atoms with E-state index in [0.717, 1.165) is 25.9 Å². The highest BCUT2D eigenvalue weighted by Crippen LogP contribution is 2.10. The Morgan fingerprint density at radius 3 is 1.67 bits per heavy atom. The Morgan fingerprint density at radius 1 is 0.667 bits per heavy atom. The molecule has 0 saturated heterocycles. The van der Waals surface area contributed by atoms with Crippen molar-refractivity contribution in [3.8, 4) is 0 Å². The van der Waals surface area contributed by atoms with Gasteiger partial charge in [-0.05, 0) is 12.8 Å². The number of imidazole rings is 1. The smallest absolute Gasteiger partial charge is 0.299 e. The SMILES string of the molecule is CCCCCCCCCCCCn1ccn(CCC)c1=O. The van der Waals surface area contributed by atoms with Crippen molar-refractivity contribution in [1.29, 1.82) is 0 Å². The zero-order chi connectivity index (χ0) is 15.3. The van der Waals surface area contributed by atoms with Crippen LogP contribution in [0.2, 0.25) is 0 Å². The van der Waals surface area contributed by atoms with Crippen LogP contribution in [-0.4, -0.2) is 9.13 Å². The van der Waals surface area contributed by atoms with Crippen LogP contribution in [-0.2, 0) is 13.1 Å². The summed E-state index contributed by atoms with van der Waals surface area (Å²) in [5.74, 6) is 0. The lowest BCUT2D eigenvalue weighted by Gasteiger charge is -2.03. The molecule has 0 aliphatic carbocycles. The van der Waals surface area contributed by atoms with Crippen molar-refractivity contribution in [3.05, 3.63) is 22.9 Å². The summed E-state index contributed by atoms with van der Waals surface area (Å²) in [6.45, 7) is 6.09. The summed E-state index contributed by atoms with van der Waals surface area (Å²) in [6.07, 6.45) is 18.3. The van der Waals surface area contributed by atoms with Gasteiger partial charge in [-0.25, -0.2) is 4.79 Å². The topological polar surface area (TPSA) is 26.9 Å². The van der Waals surface area contributed by atoms with Crippen LogP contribution in [0, 0.1) is 0 Å². The van der Waals surface area contributed by atoms with Gasteiger partial charge in [0.2, 0.25) is 0 Å². The van der Waals surface area contributed by atoms with Gasteiger partial charge < -0.3 is 0 Å². The van der Waals surface area contributed by atoms with Crippen LogP contribution in [0.4, 0.5) is 0 Å². The van der Waals surface area contributed by atoms with Gasteiger partial charge in [0, 0.05) is 25.5 Å². The quantitative estimate of drug-likeness (QED) is 0.471. The van der Waals surface area contributed by atoms with E-state index >= 15 is 0 Å². The van der Waals surface area contributed by atoms with E-state index in [-0.39, 0.29) is 5.69 Å². The molecule has 0 N–H and O–H groups in total. The fraction of sp³-hybridized carbons (Fsp3) is 0.833. The first kappa shape index (κ1) is 18.1. The van der Waals surface area contributed by atoms with Crippen LogP contribution < -0.4 is 5.69 Å². The summed E-state index contributed by atoms with van der Waals surface area (Å²) in [7, 11) is 0. The first-order valence-corrected chi connectivity index (χ1v) is 9.05. The molecule has 21 heavy (non-hydrogen) atoms. The van der Waals surface area contributed by atoms with E-state index in [1.807, 2.05) is 21.5 Å². The third-order valence-corrected chi connectivity index (χ3v) is 4.14. The molecule has 0 radical (unpaired) electrons. The molecule has 1 aromatic rings. The first-order chi connectivity index (χ1) is 10.3. The van der Waals surface area contributed by atoms with Gasteiger partial charge in [0.15, 0.2) is 0 Å². The summed E-state index contributed by atoms with van der Waals surface area (Å²) in [5, 5.41) is 0. The Balaban J connectivity index is 2.00. The average molecular weight is 294 g/mol. The van der Waals surface area contributed by atoms with Crippen LogP contribution in [0.3, 0.4) is 0 Å². The van der Waals surface area contributed by atoms with Crippen molar-refractivity contribution >= 4 is 0 Å². The van der Waals surface area contributed by atoms with Gasteiger partial charge >= 0.3 is 5.69 Å². The molecule has 3 nitrogen and oxygen atoms in total. The Labute approximate surface area is 130 Å². The molecule has 0 bridgehead atoms. The molecule has 0 amide bonds. The number of rotatable bonds is 13. The molecule has 1 rings (SSSR count). The van der Waals surface area contributed by atoms with Crippen molar-refractivity contribution in [2.75, 3.05) is 0 Å². The predicted octanol–water partition coefficient (Wildman–Crippen LogP) is 4.98. The van der Waals surface area contributed by atoms with Crippen LogP contribution >= 0.6 is 0 Å². The average Bonchev–Trinajstić information content (AvgIpc) is 2.83. The summed E-state index contributed by atoms with van der Waals surface area (Å²) in [6, 6.07) is 0. The summed E-state index contributed by atoms with van der Waals surface area (Å²) in [5.41, 5.74) is 0.160. The largest absolute Gasteiger partial charge is 0.328 e. The van der Waals surface area contributed by atoms with E-state index in [9.17, 15) is 4.79 Å². The third-order valence-electron chi connectivity index (χ3n) is 4.14. The Hall–Kier alpha value is -0.990. The molecule has 0 fully saturated rings. The molecule has 0 spiro atoms. The van der Waals surface area contributed by atoms with Crippen LogP contribution in [0.25, 0.3) is 0 Å². The highest BCUT2D eigenvalue weighted by atomic mass is 16.1. The molecular formula is C18H34N2O. The predicted molar refractivity (Wildman–Crippen MR) is 90.8 cm³/mol. The molecular weight excluding hydrogens is 260 g/mol. The standard InChI is InChI=1S/C18H34N2O/c1-3-5-6-7-8-9-10-11-12-13-15-20-17-16-19(14-4-2)18(20)21/h16-17H,3-15H2,1-2H3. The number of hydrogen-bond acceptors (Lipinski definition) is 1. The fourth-order valence-corrected chi connectivity index (χ4v) is 2.80. The van der Waals surface area contributed by atoms with Crippen LogP contribution in [0.5, 0.6) is 0 Å². The molecule has 0 unspecified atom stereocenters. The minimum atomic E-state index is 0.160. The van der Waals surface area contributed by atoms with Gasteiger partial charge in [-0.15, -0.1) is 0 Å². The van der Waals surface area contributed by atoms with Gasteiger partial charge in [0.1, 0.15) is 0 Å². The van der Waals surface area contributed by atoms with E-state index < -0.39 is 0 Å². The monoisotopic (exact) mass is 294 g/mol. The second-order valence-electron chi connectivity index (χ2n) is 6.15. The number of nitrogens with zero attached hydrogens (tertiary/aromatic N) is 2. The van der Waals surface area contributed by atoms with E-state index in [1.54, 1.807) is 0 Å². The maximum absolute atomic E-state index is 12.0. The second-order valence-corrected chi connectivity index (χ2v) is 6.15. The molecule has 3 heteroatoms. The number of unbranched alkanes of at least 4 members (excludes halogenated alkanes) is 9. The van der Waals surface area contributed by atoms with Crippen molar-refractivity contribution < 1.29 is 0 Å². The Bertz CT molecular complexity index is 406. The molecule has 0 aliphatic heterocycles. The lowest BCUT2D eigenvalue weighted by Crippen LogP contribution is -2.24. The van der Waals surface area contributed by atoms with Gasteiger partial charge in [-0.2, -0.15) is 0 Å². The van der Waals surface area contributed by atoms with E-state index in [2.05, 4.69) is 13.8 Å². The van der Waals surface area contributed by atoms with Gasteiger partial charge in [-0.3, -0.25) is 9.13 Å². The third kappa shape index (κ3) is 7.54. The Kier molecular flexibility index (Phi) is 10.0. The molecule has 122 valence electrons. The van der Waals surface area contributed by atoms with Gasteiger partial charge in [0.05, 0.1) is 0 Å². The molecule has 0 saturated carbocycles. The van der Waals surface area contributed by atoms with E-state index in [0.29, 0.717) is 0 Å². The fourth-order valence-electron chi connectivity index (χ4n) is 2.80.